The zero-order valence-electron chi connectivity index (χ0n) is 16.1. The molecule has 4 rings (SSSR count). The minimum absolute atomic E-state index is 0.708. The molecule has 3 heterocycles. The second-order valence-electron chi connectivity index (χ2n) is 6.67. The van der Waals surface area contributed by atoms with Crippen LogP contribution in [0.25, 0.3) is 33.3 Å². The summed E-state index contributed by atoms with van der Waals surface area (Å²) in [5, 5.41) is 9.07. The Hall–Kier alpha value is -3.29. The first-order valence-corrected chi connectivity index (χ1v) is 9.86. The standard InChI is InChI=1S/C24H20N2OS/c1-16(15-25)14-20-11-12-22(28-20)24-23(18-7-9-19(27-3)10-8-18)17(2)21-6-4-5-13-26(21)24/h4-14H,1-3H3/b16-14-. The van der Waals surface area contributed by atoms with E-state index in [0.29, 0.717) is 5.57 Å². The van der Waals surface area contributed by atoms with E-state index in [2.05, 4.69) is 66.1 Å². The van der Waals surface area contributed by atoms with Gasteiger partial charge in [-0.25, -0.2) is 0 Å². The van der Waals surface area contributed by atoms with Gasteiger partial charge in [0.15, 0.2) is 0 Å². The molecule has 0 fully saturated rings. The Morgan fingerprint density at radius 2 is 1.89 bits per heavy atom. The highest BCUT2D eigenvalue weighted by Gasteiger charge is 2.19. The van der Waals surface area contributed by atoms with Crippen LogP contribution in [0, 0.1) is 18.3 Å². The maximum Gasteiger partial charge on any atom is 0.118 e. The predicted octanol–water partition coefficient (Wildman–Crippen LogP) is 6.58. The summed E-state index contributed by atoms with van der Waals surface area (Å²) in [4.78, 5) is 2.26. The van der Waals surface area contributed by atoms with Crippen molar-refractivity contribution in [1.29, 1.82) is 5.26 Å². The normalized spacial score (nSPS) is 11.6. The van der Waals surface area contributed by atoms with Crippen molar-refractivity contribution in [2.45, 2.75) is 13.8 Å². The van der Waals surface area contributed by atoms with E-state index < -0.39 is 0 Å². The number of benzene rings is 1. The summed E-state index contributed by atoms with van der Waals surface area (Å²) in [5.41, 5.74) is 6.72. The highest BCUT2D eigenvalue weighted by molar-refractivity contribution is 7.16. The van der Waals surface area contributed by atoms with E-state index in [1.165, 1.54) is 27.2 Å². The Balaban J connectivity index is 1.96. The molecule has 0 saturated carbocycles. The Kier molecular flexibility index (Phi) is 4.77. The third-order valence-electron chi connectivity index (χ3n) is 4.87. The smallest absolute Gasteiger partial charge is 0.118 e. The van der Waals surface area contributed by atoms with Crippen LogP contribution in [0.4, 0.5) is 0 Å². The van der Waals surface area contributed by atoms with Gasteiger partial charge in [0.2, 0.25) is 0 Å². The molecule has 3 aromatic heterocycles. The number of rotatable bonds is 4. The molecule has 0 N–H and O–H groups in total. The van der Waals surface area contributed by atoms with Crippen LogP contribution in [0.2, 0.25) is 0 Å². The molecular formula is C24H20N2OS. The summed E-state index contributed by atoms with van der Waals surface area (Å²) in [5.74, 6) is 0.849. The topological polar surface area (TPSA) is 37.4 Å². The first-order valence-electron chi connectivity index (χ1n) is 9.05. The van der Waals surface area contributed by atoms with Gasteiger partial charge in [-0.1, -0.05) is 18.2 Å². The van der Waals surface area contributed by atoms with Crippen molar-refractivity contribution in [1.82, 2.24) is 4.40 Å². The van der Waals surface area contributed by atoms with Crippen molar-refractivity contribution in [3.8, 4) is 33.5 Å². The van der Waals surface area contributed by atoms with Gasteiger partial charge < -0.3 is 9.14 Å². The van der Waals surface area contributed by atoms with Gasteiger partial charge in [0.05, 0.1) is 23.8 Å². The van der Waals surface area contributed by atoms with Crippen molar-refractivity contribution in [3.05, 3.63) is 76.8 Å². The largest absolute Gasteiger partial charge is 0.497 e. The van der Waals surface area contributed by atoms with Crippen LogP contribution in [0.15, 0.2) is 66.4 Å². The van der Waals surface area contributed by atoms with E-state index in [0.717, 1.165) is 16.2 Å². The maximum absolute atomic E-state index is 9.07. The summed E-state index contributed by atoms with van der Waals surface area (Å²) in [7, 11) is 1.68. The molecule has 138 valence electrons. The molecule has 1 aromatic carbocycles. The zero-order valence-corrected chi connectivity index (χ0v) is 16.9. The minimum atomic E-state index is 0.708. The van der Waals surface area contributed by atoms with Crippen LogP contribution in [-0.4, -0.2) is 11.5 Å². The molecule has 4 aromatic rings. The number of hydrogen-bond acceptors (Lipinski definition) is 3. The van der Waals surface area contributed by atoms with Crippen molar-refractivity contribution < 1.29 is 4.74 Å². The highest BCUT2D eigenvalue weighted by atomic mass is 32.1. The van der Waals surface area contributed by atoms with E-state index in [4.69, 9.17) is 10.00 Å². The third kappa shape index (κ3) is 3.11. The fourth-order valence-corrected chi connectivity index (χ4v) is 4.58. The number of aryl methyl sites for hydroxylation is 1. The number of thiophene rings is 1. The van der Waals surface area contributed by atoms with Crippen LogP contribution in [0.3, 0.4) is 0 Å². The first-order chi connectivity index (χ1) is 13.6. The van der Waals surface area contributed by atoms with Gasteiger partial charge in [-0.05, 0) is 67.4 Å². The lowest BCUT2D eigenvalue weighted by Crippen LogP contribution is -1.87. The fourth-order valence-electron chi connectivity index (χ4n) is 3.53. The maximum atomic E-state index is 9.07. The van der Waals surface area contributed by atoms with Crippen molar-refractivity contribution >= 4 is 22.9 Å². The molecule has 0 saturated heterocycles. The van der Waals surface area contributed by atoms with Gasteiger partial charge in [0.1, 0.15) is 5.75 Å². The number of methoxy groups -OCH3 is 1. The van der Waals surface area contributed by atoms with Crippen LogP contribution >= 0.6 is 11.3 Å². The number of ether oxygens (including phenoxy) is 1. The van der Waals surface area contributed by atoms with Gasteiger partial charge in [0.25, 0.3) is 0 Å². The number of fused-ring (bicyclic) bond motifs is 1. The summed E-state index contributed by atoms with van der Waals surface area (Å²) < 4.78 is 7.58. The Morgan fingerprint density at radius 3 is 2.61 bits per heavy atom. The van der Waals surface area contributed by atoms with E-state index in [1.807, 2.05) is 25.1 Å². The SMILES string of the molecule is COc1ccc(-c2c(C)c3ccccn3c2-c2ccc(/C=C(/C)C#N)s2)cc1. The second-order valence-corrected chi connectivity index (χ2v) is 7.79. The van der Waals surface area contributed by atoms with Crippen LogP contribution in [-0.2, 0) is 0 Å². The summed E-state index contributed by atoms with van der Waals surface area (Å²) in [6.45, 7) is 4.01. The Morgan fingerprint density at radius 1 is 1.11 bits per heavy atom. The van der Waals surface area contributed by atoms with E-state index in [9.17, 15) is 0 Å². The molecule has 0 spiro atoms. The molecule has 4 heteroatoms. The molecule has 0 amide bonds. The molecule has 0 radical (unpaired) electrons. The summed E-state index contributed by atoms with van der Waals surface area (Å²) in [6, 6.07) is 20.9. The number of aromatic nitrogens is 1. The Labute approximate surface area is 168 Å². The predicted molar refractivity (Wildman–Crippen MR) is 117 cm³/mol. The average Bonchev–Trinajstić information content (AvgIpc) is 3.30. The number of nitriles is 1. The number of pyridine rings is 1. The lowest BCUT2D eigenvalue weighted by molar-refractivity contribution is 0.415. The first kappa shape index (κ1) is 18.1. The summed E-state index contributed by atoms with van der Waals surface area (Å²) >= 11 is 1.70. The van der Waals surface area contributed by atoms with Crippen LogP contribution in [0.5, 0.6) is 5.75 Å². The van der Waals surface area contributed by atoms with Gasteiger partial charge in [-0.2, -0.15) is 5.26 Å². The molecule has 0 aliphatic rings. The lowest BCUT2D eigenvalue weighted by Gasteiger charge is -2.07. The molecule has 0 atom stereocenters. The van der Waals surface area contributed by atoms with Crippen molar-refractivity contribution in [2.75, 3.05) is 7.11 Å². The second kappa shape index (κ2) is 7.38. The van der Waals surface area contributed by atoms with Crippen LogP contribution < -0.4 is 4.74 Å². The molecular weight excluding hydrogens is 364 g/mol. The molecule has 0 unspecified atom stereocenters. The monoisotopic (exact) mass is 384 g/mol. The van der Waals surface area contributed by atoms with Gasteiger partial charge in [-0.15, -0.1) is 11.3 Å². The van der Waals surface area contributed by atoms with E-state index in [1.54, 1.807) is 18.4 Å². The van der Waals surface area contributed by atoms with Gasteiger partial charge >= 0.3 is 0 Å². The molecule has 0 aliphatic heterocycles. The Bertz CT molecular complexity index is 1220. The molecule has 0 aliphatic carbocycles. The van der Waals surface area contributed by atoms with E-state index >= 15 is 0 Å². The minimum Gasteiger partial charge on any atom is -0.497 e. The average molecular weight is 385 g/mol. The number of hydrogen-bond donors (Lipinski definition) is 0. The third-order valence-corrected chi connectivity index (χ3v) is 5.91. The van der Waals surface area contributed by atoms with Crippen LogP contribution in [0.1, 0.15) is 17.4 Å². The van der Waals surface area contributed by atoms with Gasteiger partial charge in [-0.3, -0.25) is 0 Å². The van der Waals surface area contributed by atoms with Crippen molar-refractivity contribution in [3.63, 3.8) is 0 Å². The summed E-state index contributed by atoms with van der Waals surface area (Å²) in [6.07, 6.45) is 4.05. The van der Waals surface area contributed by atoms with Gasteiger partial charge in [0, 0.05) is 27.7 Å². The van der Waals surface area contributed by atoms with Crippen molar-refractivity contribution in [2.24, 2.45) is 0 Å². The lowest BCUT2D eigenvalue weighted by atomic mass is 10.0. The highest BCUT2D eigenvalue weighted by Crippen LogP contribution is 2.42. The van der Waals surface area contributed by atoms with E-state index in [-0.39, 0.29) is 0 Å². The quantitative estimate of drug-likeness (QED) is 0.373. The zero-order chi connectivity index (χ0) is 19.7. The number of allylic oxidation sites excluding steroid dienone is 1. The fraction of sp³-hybridized carbons (Fsp3) is 0.125. The molecule has 0 bridgehead atoms. The molecule has 28 heavy (non-hydrogen) atoms. The number of nitrogens with zero attached hydrogens (tertiary/aromatic N) is 2. The molecule has 3 nitrogen and oxygen atoms in total.